The highest BCUT2D eigenvalue weighted by Gasteiger charge is 2.31. The predicted octanol–water partition coefficient (Wildman–Crippen LogP) is 0.991. The molecule has 0 atom stereocenters. The average molecular weight is 287 g/mol. The molecular formula is C15H13NO3S. The van der Waals surface area contributed by atoms with Crippen LogP contribution in [-0.4, -0.2) is 11.0 Å². The van der Waals surface area contributed by atoms with E-state index in [0.29, 0.717) is 14.9 Å². The number of rotatable bonds is 3. The molecule has 20 heavy (non-hydrogen) atoms. The molecular weight excluding hydrogens is 274 g/mol. The minimum atomic E-state index is -0.155. The lowest BCUT2D eigenvalue weighted by Gasteiger charge is -2.02. The van der Waals surface area contributed by atoms with Crippen LogP contribution in [0.5, 0.6) is 5.75 Å². The highest BCUT2D eigenvalue weighted by Crippen LogP contribution is 2.30. The van der Waals surface area contributed by atoms with Crippen molar-refractivity contribution in [3.8, 4) is 5.75 Å². The van der Waals surface area contributed by atoms with Crippen molar-refractivity contribution in [2.45, 2.75) is 12.8 Å². The first-order chi connectivity index (χ1) is 9.61. The number of esters is 1. The van der Waals surface area contributed by atoms with Gasteiger partial charge in [-0.05, 0) is 36.6 Å². The van der Waals surface area contributed by atoms with Gasteiger partial charge in [0.2, 0.25) is 0 Å². The maximum Gasteiger partial charge on any atom is 0.314 e. The normalized spacial score (nSPS) is 15.3. The molecule has 1 saturated carbocycles. The van der Waals surface area contributed by atoms with Crippen LogP contribution in [-0.2, 0) is 4.79 Å². The van der Waals surface area contributed by atoms with Crippen molar-refractivity contribution in [1.29, 1.82) is 0 Å². The van der Waals surface area contributed by atoms with Gasteiger partial charge in [0, 0.05) is 0 Å². The highest BCUT2D eigenvalue weighted by molar-refractivity contribution is 7.07. The van der Waals surface area contributed by atoms with Crippen LogP contribution in [0.4, 0.5) is 0 Å². The third kappa shape index (κ3) is 2.88. The van der Waals surface area contributed by atoms with Crippen LogP contribution in [0.3, 0.4) is 0 Å². The van der Waals surface area contributed by atoms with Crippen LogP contribution >= 0.6 is 11.3 Å². The van der Waals surface area contributed by atoms with Gasteiger partial charge in [-0.3, -0.25) is 9.59 Å². The fraction of sp³-hybridized carbons (Fsp3) is 0.200. The zero-order chi connectivity index (χ0) is 14.1. The molecule has 2 aromatic rings. The molecule has 5 heteroatoms. The number of ether oxygens (including phenoxy) is 1. The van der Waals surface area contributed by atoms with E-state index in [0.717, 1.165) is 18.4 Å². The summed E-state index contributed by atoms with van der Waals surface area (Å²) in [5.74, 6) is 0.469. The Morgan fingerprint density at radius 2 is 2.05 bits per heavy atom. The van der Waals surface area contributed by atoms with Gasteiger partial charge in [0.1, 0.15) is 5.75 Å². The Kier molecular flexibility index (Phi) is 3.28. The Hall–Kier alpha value is -2.14. The van der Waals surface area contributed by atoms with Crippen molar-refractivity contribution in [3.63, 3.8) is 0 Å². The molecule has 0 spiro atoms. The van der Waals surface area contributed by atoms with E-state index in [-0.39, 0.29) is 17.4 Å². The van der Waals surface area contributed by atoms with Gasteiger partial charge in [-0.25, -0.2) is 0 Å². The van der Waals surface area contributed by atoms with Crippen LogP contribution < -0.4 is 19.5 Å². The van der Waals surface area contributed by atoms with Gasteiger partial charge in [0.05, 0.1) is 15.1 Å². The molecule has 102 valence electrons. The third-order valence-electron chi connectivity index (χ3n) is 3.02. The fourth-order valence-corrected chi connectivity index (χ4v) is 2.54. The van der Waals surface area contributed by atoms with Gasteiger partial charge in [-0.2, -0.15) is 0 Å². The summed E-state index contributed by atoms with van der Waals surface area (Å²) in [6, 6.07) is 7.10. The zero-order valence-electron chi connectivity index (χ0n) is 10.7. The van der Waals surface area contributed by atoms with Crippen molar-refractivity contribution in [1.82, 2.24) is 4.98 Å². The predicted molar refractivity (Wildman–Crippen MR) is 78.1 cm³/mol. The number of hydrogen-bond donors (Lipinski definition) is 1. The molecule has 0 aliphatic heterocycles. The molecule has 1 aromatic heterocycles. The molecule has 1 aliphatic rings. The van der Waals surface area contributed by atoms with E-state index in [2.05, 4.69) is 11.6 Å². The summed E-state index contributed by atoms with van der Waals surface area (Å²) >= 11 is 1.32. The first kappa shape index (κ1) is 12.9. The van der Waals surface area contributed by atoms with Crippen LogP contribution in [0.25, 0.3) is 12.7 Å². The third-order valence-corrected chi connectivity index (χ3v) is 3.89. The number of aromatic nitrogens is 1. The number of nitrogens with one attached hydrogen (secondary N) is 1. The van der Waals surface area contributed by atoms with Crippen molar-refractivity contribution >= 4 is 30.0 Å². The fourth-order valence-electron chi connectivity index (χ4n) is 1.79. The standard InChI is InChI=1S/C15H13NO3S/c1-9-16-14(17)13(20-9)8-10-2-6-12(7-3-10)19-15(18)11-4-5-11/h2-3,6-8,11H,1,4-5H2,(H,16,17)/b13-8-. The number of carbonyl (C=O) groups excluding carboxylic acids is 1. The van der Waals surface area contributed by atoms with Crippen molar-refractivity contribution in [3.05, 3.63) is 49.4 Å². The summed E-state index contributed by atoms with van der Waals surface area (Å²) in [6.07, 6.45) is 3.64. The Morgan fingerprint density at radius 3 is 2.60 bits per heavy atom. The Balaban J connectivity index is 1.80. The minimum Gasteiger partial charge on any atom is -0.426 e. The van der Waals surface area contributed by atoms with E-state index >= 15 is 0 Å². The van der Waals surface area contributed by atoms with Crippen LogP contribution in [0.1, 0.15) is 18.4 Å². The molecule has 0 bridgehead atoms. The lowest BCUT2D eigenvalue weighted by atomic mass is 10.2. The second kappa shape index (κ2) is 5.09. The van der Waals surface area contributed by atoms with Crippen molar-refractivity contribution < 1.29 is 9.53 Å². The molecule has 1 aromatic carbocycles. The summed E-state index contributed by atoms with van der Waals surface area (Å²) in [4.78, 5) is 25.7. The first-order valence-corrected chi connectivity index (χ1v) is 7.15. The summed E-state index contributed by atoms with van der Waals surface area (Å²) < 4.78 is 6.49. The van der Waals surface area contributed by atoms with E-state index in [9.17, 15) is 9.59 Å². The lowest BCUT2D eigenvalue weighted by Crippen LogP contribution is -2.19. The lowest BCUT2D eigenvalue weighted by molar-refractivity contribution is -0.135. The SMILES string of the molecule is C=c1[nH]c(=O)/c(=C/c2ccc(OC(=O)C3CC3)cc2)s1. The van der Waals surface area contributed by atoms with Gasteiger partial charge in [-0.15, -0.1) is 11.3 Å². The first-order valence-electron chi connectivity index (χ1n) is 6.33. The Labute approximate surface area is 119 Å². The van der Waals surface area contributed by atoms with E-state index in [1.165, 1.54) is 11.3 Å². The molecule has 1 heterocycles. The molecule has 0 amide bonds. The number of aromatic amines is 1. The molecule has 3 rings (SSSR count). The topological polar surface area (TPSA) is 59.2 Å². The number of hydrogen-bond acceptors (Lipinski definition) is 4. The second-order valence-electron chi connectivity index (χ2n) is 4.75. The molecule has 0 radical (unpaired) electrons. The van der Waals surface area contributed by atoms with Crippen LogP contribution in [0.15, 0.2) is 29.1 Å². The Morgan fingerprint density at radius 1 is 1.35 bits per heavy atom. The summed E-state index contributed by atoms with van der Waals surface area (Å²) in [6.45, 7) is 3.70. The van der Waals surface area contributed by atoms with E-state index in [1.807, 2.05) is 12.1 Å². The molecule has 0 saturated heterocycles. The number of H-pyrrole nitrogens is 1. The van der Waals surface area contributed by atoms with Crippen LogP contribution in [0.2, 0.25) is 0 Å². The van der Waals surface area contributed by atoms with Crippen molar-refractivity contribution in [2.75, 3.05) is 0 Å². The van der Waals surface area contributed by atoms with E-state index in [4.69, 9.17) is 4.74 Å². The average Bonchev–Trinajstić information content (AvgIpc) is 3.20. The molecule has 1 N–H and O–H groups in total. The minimum absolute atomic E-state index is 0.0846. The number of thiazole rings is 1. The Bertz CT molecular complexity index is 797. The summed E-state index contributed by atoms with van der Waals surface area (Å²) in [5.41, 5.74) is 0.743. The quantitative estimate of drug-likeness (QED) is 0.676. The maximum absolute atomic E-state index is 11.6. The highest BCUT2D eigenvalue weighted by atomic mass is 32.1. The van der Waals surface area contributed by atoms with Crippen LogP contribution in [0, 0.1) is 5.92 Å². The summed E-state index contributed by atoms with van der Waals surface area (Å²) in [7, 11) is 0. The van der Waals surface area contributed by atoms with Gasteiger partial charge >= 0.3 is 5.97 Å². The largest absolute Gasteiger partial charge is 0.426 e. The second-order valence-corrected chi connectivity index (χ2v) is 5.89. The zero-order valence-corrected chi connectivity index (χ0v) is 11.5. The van der Waals surface area contributed by atoms with Crippen molar-refractivity contribution in [2.24, 2.45) is 5.92 Å². The van der Waals surface area contributed by atoms with E-state index in [1.54, 1.807) is 18.2 Å². The van der Waals surface area contributed by atoms with Gasteiger partial charge in [-0.1, -0.05) is 18.7 Å². The van der Waals surface area contributed by atoms with E-state index < -0.39 is 0 Å². The van der Waals surface area contributed by atoms with Gasteiger partial charge in [0.25, 0.3) is 5.56 Å². The van der Waals surface area contributed by atoms with Gasteiger partial charge < -0.3 is 9.72 Å². The molecule has 1 fully saturated rings. The molecule has 4 nitrogen and oxygen atoms in total. The molecule has 1 aliphatic carbocycles. The van der Waals surface area contributed by atoms with Gasteiger partial charge in [0.15, 0.2) is 0 Å². The number of benzene rings is 1. The number of carbonyl (C=O) groups is 1. The maximum atomic E-state index is 11.6. The summed E-state index contributed by atoms with van der Waals surface area (Å²) in [5, 5.41) is 0. The molecule has 0 unspecified atom stereocenters. The monoisotopic (exact) mass is 287 g/mol. The smallest absolute Gasteiger partial charge is 0.314 e.